The van der Waals surface area contributed by atoms with Crippen molar-refractivity contribution in [1.29, 1.82) is 0 Å². The Balaban J connectivity index is 2.41. The molecule has 0 bridgehead atoms. The maximum atomic E-state index is 3.34. The summed E-state index contributed by atoms with van der Waals surface area (Å²) in [5, 5.41) is 3.34. The minimum Gasteiger partial charge on any atom is -0.382 e. The summed E-state index contributed by atoms with van der Waals surface area (Å²) in [4.78, 5) is 0. The normalized spacial score (nSPS) is 10.8. The predicted octanol–water partition coefficient (Wildman–Crippen LogP) is 4.02. The first-order valence-electron chi connectivity index (χ1n) is 5.80. The zero-order valence-electron chi connectivity index (χ0n) is 9.79. The highest BCUT2D eigenvalue weighted by molar-refractivity contribution is 5.45. The van der Waals surface area contributed by atoms with Crippen LogP contribution in [0.5, 0.6) is 0 Å². The molecule has 1 rings (SSSR count). The molecule has 0 radical (unpaired) electrons. The lowest BCUT2D eigenvalue weighted by molar-refractivity contribution is 0.795. The van der Waals surface area contributed by atoms with Crippen molar-refractivity contribution in [1.82, 2.24) is 0 Å². The first-order chi connectivity index (χ1) is 7.36. The number of unbranched alkanes of at least 4 members (excludes halogenated alkanes) is 1. The van der Waals surface area contributed by atoms with E-state index in [0.29, 0.717) is 0 Å². The number of anilines is 1. The summed E-state index contributed by atoms with van der Waals surface area (Å²) in [5.74, 6) is 0. The number of hydrogen-bond donors (Lipinski definition) is 1. The molecule has 0 aromatic heterocycles. The minimum atomic E-state index is 0.908. The Bertz CT molecular complexity index is 285. The SMILES string of the molecule is C/C=C/CNc1ccc(CCCC)cc1. The van der Waals surface area contributed by atoms with Crippen molar-refractivity contribution in [2.75, 3.05) is 11.9 Å². The summed E-state index contributed by atoms with van der Waals surface area (Å²) in [5.41, 5.74) is 2.64. The average molecular weight is 203 g/mol. The summed E-state index contributed by atoms with van der Waals surface area (Å²) in [6.45, 7) is 5.17. The van der Waals surface area contributed by atoms with Gasteiger partial charge in [-0.2, -0.15) is 0 Å². The Morgan fingerprint density at radius 2 is 1.93 bits per heavy atom. The fourth-order valence-corrected chi connectivity index (χ4v) is 1.46. The fourth-order valence-electron chi connectivity index (χ4n) is 1.46. The minimum absolute atomic E-state index is 0.908. The lowest BCUT2D eigenvalue weighted by Gasteiger charge is -2.05. The molecule has 0 aliphatic carbocycles. The summed E-state index contributed by atoms with van der Waals surface area (Å²) < 4.78 is 0. The third kappa shape index (κ3) is 4.68. The van der Waals surface area contributed by atoms with Crippen LogP contribution in [0.3, 0.4) is 0 Å². The van der Waals surface area contributed by atoms with E-state index in [1.807, 2.05) is 6.92 Å². The van der Waals surface area contributed by atoms with Crippen molar-refractivity contribution in [3.05, 3.63) is 42.0 Å². The number of hydrogen-bond acceptors (Lipinski definition) is 1. The van der Waals surface area contributed by atoms with Gasteiger partial charge in [-0.25, -0.2) is 0 Å². The van der Waals surface area contributed by atoms with Crippen molar-refractivity contribution in [3.8, 4) is 0 Å². The molecule has 0 amide bonds. The number of allylic oxidation sites excluding steroid dienone is 1. The van der Waals surface area contributed by atoms with Gasteiger partial charge in [0.05, 0.1) is 0 Å². The second-order valence-corrected chi connectivity index (χ2v) is 3.75. The third-order valence-corrected chi connectivity index (χ3v) is 2.43. The number of nitrogens with one attached hydrogen (secondary N) is 1. The zero-order valence-corrected chi connectivity index (χ0v) is 9.79. The van der Waals surface area contributed by atoms with Gasteiger partial charge in [-0.3, -0.25) is 0 Å². The maximum Gasteiger partial charge on any atom is 0.0342 e. The van der Waals surface area contributed by atoms with E-state index >= 15 is 0 Å². The molecule has 0 unspecified atom stereocenters. The molecule has 0 atom stereocenters. The van der Waals surface area contributed by atoms with E-state index in [9.17, 15) is 0 Å². The highest BCUT2D eigenvalue weighted by Crippen LogP contribution is 2.11. The molecule has 0 aliphatic rings. The van der Waals surface area contributed by atoms with E-state index in [0.717, 1.165) is 6.54 Å². The van der Waals surface area contributed by atoms with E-state index in [1.165, 1.54) is 30.5 Å². The van der Waals surface area contributed by atoms with Crippen LogP contribution in [-0.2, 0) is 6.42 Å². The maximum absolute atomic E-state index is 3.34. The molecule has 82 valence electrons. The predicted molar refractivity (Wildman–Crippen MR) is 68.4 cm³/mol. The first kappa shape index (κ1) is 11.8. The Labute approximate surface area is 93.2 Å². The van der Waals surface area contributed by atoms with Crippen molar-refractivity contribution in [2.45, 2.75) is 33.1 Å². The largest absolute Gasteiger partial charge is 0.382 e. The van der Waals surface area contributed by atoms with Crippen LogP contribution in [-0.4, -0.2) is 6.54 Å². The van der Waals surface area contributed by atoms with Gasteiger partial charge in [-0.1, -0.05) is 37.6 Å². The van der Waals surface area contributed by atoms with Gasteiger partial charge in [0, 0.05) is 12.2 Å². The first-order valence-corrected chi connectivity index (χ1v) is 5.80. The highest BCUT2D eigenvalue weighted by atomic mass is 14.8. The van der Waals surface area contributed by atoms with Crippen LogP contribution in [0.4, 0.5) is 5.69 Å². The molecular formula is C14H21N. The topological polar surface area (TPSA) is 12.0 Å². The molecule has 0 fully saturated rings. The standard InChI is InChI=1S/C14H21N/c1-3-5-7-13-8-10-14(11-9-13)15-12-6-4-2/h4,6,8-11,15H,3,5,7,12H2,1-2H3/b6-4+. The Hall–Kier alpha value is -1.24. The van der Waals surface area contributed by atoms with Gasteiger partial charge >= 0.3 is 0 Å². The Kier molecular flexibility index (Phi) is 5.60. The summed E-state index contributed by atoms with van der Waals surface area (Å²) >= 11 is 0. The van der Waals surface area contributed by atoms with Crippen LogP contribution in [0.25, 0.3) is 0 Å². The lowest BCUT2D eigenvalue weighted by atomic mass is 10.1. The van der Waals surface area contributed by atoms with Crippen molar-refractivity contribution < 1.29 is 0 Å². The van der Waals surface area contributed by atoms with Gasteiger partial charge in [0.2, 0.25) is 0 Å². The van der Waals surface area contributed by atoms with Crippen molar-refractivity contribution in [3.63, 3.8) is 0 Å². The van der Waals surface area contributed by atoms with Crippen molar-refractivity contribution in [2.24, 2.45) is 0 Å². The fraction of sp³-hybridized carbons (Fsp3) is 0.429. The van der Waals surface area contributed by atoms with E-state index < -0.39 is 0 Å². The van der Waals surface area contributed by atoms with E-state index in [4.69, 9.17) is 0 Å². The van der Waals surface area contributed by atoms with Gasteiger partial charge in [-0.05, 0) is 37.5 Å². The van der Waals surface area contributed by atoms with Crippen LogP contribution in [0.2, 0.25) is 0 Å². The molecule has 0 aliphatic heterocycles. The van der Waals surface area contributed by atoms with Crippen LogP contribution >= 0.6 is 0 Å². The molecule has 1 N–H and O–H groups in total. The highest BCUT2D eigenvalue weighted by Gasteiger charge is 1.93. The van der Waals surface area contributed by atoms with Gasteiger partial charge in [0.15, 0.2) is 0 Å². The molecule has 0 heterocycles. The molecule has 1 heteroatoms. The summed E-state index contributed by atoms with van der Waals surface area (Å²) in [7, 11) is 0. The number of rotatable bonds is 6. The van der Waals surface area contributed by atoms with Crippen LogP contribution in [0.15, 0.2) is 36.4 Å². The lowest BCUT2D eigenvalue weighted by Crippen LogP contribution is -1.97. The Morgan fingerprint density at radius 1 is 1.20 bits per heavy atom. The number of benzene rings is 1. The van der Waals surface area contributed by atoms with Gasteiger partial charge in [0.25, 0.3) is 0 Å². The summed E-state index contributed by atoms with van der Waals surface area (Å²) in [6, 6.07) is 8.75. The smallest absolute Gasteiger partial charge is 0.0342 e. The number of aryl methyl sites for hydroxylation is 1. The van der Waals surface area contributed by atoms with Crippen molar-refractivity contribution >= 4 is 5.69 Å². The molecule has 15 heavy (non-hydrogen) atoms. The van der Waals surface area contributed by atoms with Crippen LogP contribution in [0.1, 0.15) is 32.3 Å². The van der Waals surface area contributed by atoms with Gasteiger partial charge in [0.1, 0.15) is 0 Å². The van der Waals surface area contributed by atoms with Gasteiger partial charge in [-0.15, -0.1) is 0 Å². The van der Waals surface area contributed by atoms with E-state index in [1.54, 1.807) is 0 Å². The van der Waals surface area contributed by atoms with Crippen LogP contribution in [0, 0.1) is 0 Å². The molecule has 0 saturated heterocycles. The second-order valence-electron chi connectivity index (χ2n) is 3.75. The molecule has 1 aromatic carbocycles. The molecular weight excluding hydrogens is 182 g/mol. The summed E-state index contributed by atoms with van der Waals surface area (Å²) in [6.07, 6.45) is 7.92. The quantitative estimate of drug-likeness (QED) is 0.689. The van der Waals surface area contributed by atoms with E-state index in [-0.39, 0.29) is 0 Å². The molecule has 0 spiro atoms. The van der Waals surface area contributed by atoms with E-state index in [2.05, 4.69) is 48.7 Å². The molecule has 1 aromatic rings. The molecule has 1 nitrogen and oxygen atoms in total. The second kappa shape index (κ2) is 7.10. The monoisotopic (exact) mass is 203 g/mol. The molecule has 0 saturated carbocycles. The Morgan fingerprint density at radius 3 is 2.53 bits per heavy atom. The van der Waals surface area contributed by atoms with Gasteiger partial charge < -0.3 is 5.32 Å². The average Bonchev–Trinajstić information content (AvgIpc) is 2.28. The zero-order chi connectivity index (χ0) is 10.9. The third-order valence-electron chi connectivity index (χ3n) is 2.43. The van der Waals surface area contributed by atoms with Crippen LogP contribution < -0.4 is 5.32 Å².